The van der Waals surface area contributed by atoms with Crippen LogP contribution in [0.5, 0.6) is 0 Å². The van der Waals surface area contributed by atoms with Gasteiger partial charge >= 0.3 is 0 Å². The van der Waals surface area contributed by atoms with Crippen LogP contribution in [-0.4, -0.2) is 27.6 Å². The summed E-state index contributed by atoms with van der Waals surface area (Å²) in [6.45, 7) is 5.46. The summed E-state index contributed by atoms with van der Waals surface area (Å²) in [7, 11) is 0. The molecule has 0 radical (unpaired) electrons. The molecule has 1 aliphatic carbocycles. The molecule has 4 nitrogen and oxygen atoms in total. The molecule has 0 bridgehead atoms. The summed E-state index contributed by atoms with van der Waals surface area (Å²) in [4.78, 5) is 29.6. The van der Waals surface area contributed by atoms with Gasteiger partial charge in [0, 0.05) is 23.8 Å². The van der Waals surface area contributed by atoms with Gasteiger partial charge in [0.1, 0.15) is 11.5 Å². The lowest BCUT2D eigenvalue weighted by Crippen LogP contribution is -2.33. The fourth-order valence-electron chi connectivity index (χ4n) is 3.22. The number of aryl methyl sites for hydroxylation is 1. The van der Waals surface area contributed by atoms with Gasteiger partial charge in [-0.25, -0.2) is 4.39 Å². The van der Waals surface area contributed by atoms with Crippen molar-refractivity contribution >= 4 is 11.7 Å². The molecule has 1 heterocycles. The molecule has 5 heteroatoms. The van der Waals surface area contributed by atoms with E-state index in [2.05, 4.69) is 4.98 Å². The van der Waals surface area contributed by atoms with Gasteiger partial charge in [-0.05, 0) is 56.9 Å². The van der Waals surface area contributed by atoms with Crippen LogP contribution in [0.25, 0.3) is 0 Å². The number of nitrogens with one attached hydrogen (secondary N) is 1. The first-order valence-electron chi connectivity index (χ1n) is 8.14. The van der Waals surface area contributed by atoms with Gasteiger partial charge in [-0.2, -0.15) is 0 Å². The Hall–Kier alpha value is -2.43. The van der Waals surface area contributed by atoms with Crippen LogP contribution in [0.15, 0.2) is 24.3 Å². The second-order valence-corrected chi connectivity index (χ2v) is 6.48. The lowest BCUT2D eigenvalue weighted by Gasteiger charge is -2.22. The van der Waals surface area contributed by atoms with Crippen LogP contribution in [0.3, 0.4) is 0 Å². The molecule has 0 unspecified atom stereocenters. The van der Waals surface area contributed by atoms with Crippen LogP contribution >= 0.6 is 0 Å². The number of hydrogen-bond acceptors (Lipinski definition) is 2. The van der Waals surface area contributed by atoms with E-state index in [0.717, 1.165) is 18.4 Å². The lowest BCUT2D eigenvalue weighted by molar-refractivity contribution is 0.0723. The average molecular weight is 328 g/mol. The maximum atomic E-state index is 13.4. The van der Waals surface area contributed by atoms with Crippen molar-refractivity contribution in [2.24, 2.45) is 0 Å². The van der Waals surface area contributed by atoms with E-state index in [4.69, 9.17) is 0 Å². The Labute approximate surface area is 140 Å². The second kappa shape index (κ2) is 6.23. The highest BCUT2D eigenvalue weighted by atomic mass is 19.1. The number of benzene rings is 1. The standard InChI is InChI=1S/C19H21FN2O2/c1-11-17(13(3)23)12(2)21-18(11)19(24)22(16-7-8-16)10-14-5-4-6-15(20)9-14/h4-6,9,16,21H,7-8,10H2,1-3H3. The van der Waals surface area contributed by atoms with Crippen LogP contribution in [-0.2, 0) is 6.54 Å². The smallest absolute Gasteiger partial charge is 0.271 e. The van der Waals surface area contributed by atoms with Crippen LogP contribution in [0, 0.1) is 19.7 Å². The Morgan fingerprint density at radius 2 is 2.00 bits per heavy atom. The summed E-state index contributed by atoms with van der Waals surface area (Å²) in [6.07, 6.45) is 1.92. The first-order chi connectivity index (χ1) is 11.4. The molecule has 2 aromatic rings. The number of aromatic amines is 1. The number of nitrogens with zero attached hydrogens (tertiary/aromatic N) is 1. The zero-order valence-electron chi connectivity index (χ0n) is 14.1. The van der Waals surface area contributed by atoms with Crippen molar-refractivity contribution < 1.29 is 14.0 Å². The van der Waals surface area contributed by atoms with Crippen molar-refractivity contribution in [2.45, 2.75) is 46.2 Å². The van der Waals surface area contributed by atoms with E-state index in [1.54, 1.807) is 24.8 Å². The van der Waals surface area contributed by atoms with Crippen molar-refractivity contribution in [2.75, 3.05) is 0 Å². The monoisotopic (exact) mass is 328 g/mol. The first kappa shape index (κ1) is 16.4. The largest absolute Gasteiger partial charge is 0.354 e. The summed E-state index contributed by atoms with van der Waals surface area (Å²) >= 11 is 0. The Balaban J connectivity index is 1.91. The third-order valence-electron chi connectivity index (χ3n) is 4.49. The Bertz CT molecular complexity index is 806. The zero-order valence-corrected chi connectivity index (χ0v) is 14.1. The van der Waals surface area contributed by atoms with E-state index in [9.17, 15) is 14.0 Å². The SMILES string of the molecule is CC(=O)c1c(C)[nH]c(C(=O)N(Cc2cccc(F)c2)C2CC2)c1C. The summed E-state index contributed by atoms with van der Waals surface area (Å²) in [5.41, 5.74) is 3.21. The van der Waals surface area contributed by atoms with Crippen LogP contribution in [0.1, 0.15) is 57.4 Å². The van der Waals surface area contributed by atoms with E-state index < -0.39 is 0 Å². The Morgan fingerprint density at radius 1 is 1.29 bits per heavy atom. The number of carbonyl (C=O) groups excluding carboxylic acids is 2. The van der Waals surface area contributed by atoms with Crippen LogP contribution in [0.2, 0.25) is 0 Å². The van der Waals surface area contributed by atoms with Crippen LogP contribution < -0.4 is 0 Å². The van der Waals surface area contributed by atoms with Gasteiger partial charge < -0.3 is 9.88 Å². The summed E-state index contributed by atoms with van der Waals surface area (Å²) < 4.78 is 13.4. The van der Waals surface area contributed by atoms with Crippen molar-refractivity contribution in [3.8, 4) is 0 Å². The highest BCUT2D eigenvalue weighted by Gasteiger charge is 2.35. The maximum Gasteiger partial charge on any atom is 0.271 e. The first-order valence-corrected chi connectivity index (χ1v) is 8.14. The highest BCUT2D eigenvalue weighted by Crippen LogP contribution is 2.31. The minimum absolute atomic E-state index is 0.0524. The molecular weight excluding hydrogens is 307 g/mol. The minimum atomic E-state index is -0.304. The molecule has 1 aromatic carbocycles. The van der Waals surface area contributed by atoms with E-state index >= 15 is 0 Å². The van der Waals surface area contributed by atoms with Gasteiger partial charge in [0.2, 0.25) is 0 Å². The van der Waals surface area contributed by atoms with Crippen molar-refractivity contribution in [3.63, 3.8) is 0 Å². The molecule has 24 heavy (non-hydrogen) atoms. The average Bonchev–Trinajstić information content (AvgIpc) is 3.29. The van der Waals surface area contributed by atoms with Crippen molar-refractivity contribution in [3.05, 3.63) is 58.2 Å². The molecule has 1 fully saturated rings. The molecule has 0 aliphatic heterocycles. The number of ketones is 1. The van der Waals surface area contributed by atoms with E-state index in [0.29, 0.717) is 29.1 Å². The maximum absolute atomic E-state index is 13.4. The van der Waals surface area contributed by atoms with Crippen molar-refractivity contribution in [1.82, 2.24) is 9.88 Å². The number of rotatable bonds is 5. The molecule has 1 aromatic heterocycles. The van der Waals surface area contributed by atoms with Gasteiger partial charge in [-0.1, -0.05) is 12.1 Å². The highest BCUT2D eigenvalue weighted by molar-refractivity contribution is 6.02. The normalized spacial score (nSPS) is 13.8. The minimum Gasteiger partial charge on any atom is -0.354 e. The van der Waals surface area contributed by atoms with Crippen molar-refractivity contribution in [1.29, 1.82) is 0 Å². The summed E-state index contributed by atoms with van der Waals surface area (Å²) in [6, 6.07) is 6.50. The molecule has 0 spiro atoms. The predicted octanol–water partition coefficient (Wildman–Crippen LogP) is 3.78. The molecule has 1 N–H and O–H groups in total. The second-order valence-electron chi connectivity index (χ2n) is 6.48. The molecule has 0 saturated heterocycles. The lowest BCUT2D eigenvalue weighted by atomic mass is 10.1. The molecule has 1 aliphatic rings. The third kappa shape index (κ3) is 3.11. The summed E-state index contributed by atoms with van der Waals surface area (Å²) in [5, 5.41) is 0. The van der Waals surface area contributed by atoms with E-state index in [1.165, 1.54) is 19.1 Å². The van der Waals surface area contributed by atoms with Gasteiger partial charge in [0.15, 0.2) is 5.78 Å². The number of hydrogen-bond donors (Lipinski definition) is 1. The van der Waals surface area contributed by atoms with E-state index in [1.807, 2.05) is 6.07 Å². The molecule has 0 atom stereocenters. The Morgan fingerprint density at radius 3 is 2.54 bits per heavy atom. The molecular formula is C19H21FN2O2. The number of carbonyl (C=O) groups is 2. The van der Waals surface area contributed by atoms with Gasteiger partial charge in [0.25, 0.3) is 5.91 Å². The van der Waals surface area contributed by atoms with Gasteiger partial charge in [-0.15, -0.1) is 0 Å². The molecule has 1 saturated carbocycles. The van der Waals surface area contributed by atoms with Crippen LogP contribution in [0.4, 0.5) is 4.39 Å². The van der Waals surface area contributed by atoms with E-state index in [-0.39, 0.29) is 23.5 Å². The zero-order chi connectivity index (χ0) is 17.4. The fourth-order valence-corrected chi connectivity index (χ4v) is 3.22. The topological polar surface area (TPSA) is 53.2 Å². The molecule has 126 valence electrons. The molecule has 3 rings (SSSR count). The predicted molar refractivity (Wildman–Crippen MR) is 89.6 cm³/mol. The number of halogens is 1. The van der Waals surface area contributed by atoms with Gasteiger partial charge in [-0.3, -0.25) is 9.59 Å². The van der Waals surface area contributed by atoms with Gasteiger partial charge in [0.05, 0.1) is 0 Å². The quantitative estimate of drug-likeness (QED) is 0.849. The molecule has 1 amide bonds. The number of amides is 1. The fraction of sp³-hybridized carbons (Fsp3) is 0.368. The summed E-state index contributed by atoms with van der Waals surface area (Å²) in [5.74, 6) is -0.486. The Kier molecular flexibility index (Phi) is 4.26. The number of Topliss-reactive ketones (excluding diaryl/α,β-unsaturated/α-hetero) is 1. The number of H-pyrrole nitrogens is 1. The number of aromatic nitrogens is 1. The third-order valence-corrected chi connectivity index (χ3v) is 4.49.